The highest BCUT2D eigenvalue weighted by molar-refractivity contribution is 7.16. The van der Waals surface area contributed by atoms with E-state index in [0.717, 1.165) is 38.3 Å². The van der Waals surface area contributed by atoms with Crippen molar-refractivity contribution in [3.05, 3.63) is 54.0 Å². The molecule has 0 aliphatic rings. The van der Waals surface area contributed by atoms with Gasteiger partial charge in [0.2, 0.25) is 0 Å². The summed E-state index contributed by atoms with van der Waals surface area (Å²) in [6, 6.07) is 15.8. The second kappa shape index (κ2) is 4.71. The number of fused-ring (bicyclic) bond motifs is 2. The van der Waals surface area contributed by atoms with E-state index in [1.54, 1.807) is 11.3 Å². The van der Waals surface area contributed by atoms with E-state index in [2.05, 4.69) is 21.4 Å². The van der Waals surface area contributed by atoms with E-state index >= 15 is 0 Å². The molecule has 0 bridgehead atoms. The lowest BCUT2D eigenvalue weighted by Gasteiger charge is -2.07. The summed E-state index contributed by atoms with van der Waals surface area (Å²) in [7, 11) is 0. The molecule has 21 heavy (non-hydrogen) atoms. The highest BCUT2D eigenvalue weighted by Gasteiger charge is 2.02. The molecule has 0 unspecified atom stereocenters. The Morgan fingerprint density at radius 1 is 0.952 bits per heavy atom. The summed E-state index contributed by atoms with van der Waals surface area (Å²) in [4.78, 5) is 8.88. The van der Waals surface area contributed by atoms with Gasteiger partial charge in [0, 0.05) is 16.8 Å². The van der Waals surface area contributed by atoms with Gasteiger partial charge in [-0.15, -0.1) is 11.3 Å². The molecule has 0 saturated heterocycles. The van der Waals surface area contributed by atoms with Crippen molar-refractivity contribution in [3.8, 4) is 0 Å². The monoisotopic (exact) mass is 292 g/mol. The molecule has 0 spiro atoms. The SMILES string of the molecule is Nc1ccc2nc(Nc3ccc4ncsc4c3)ccc2c1. The summed E-state index contributed by atoms with van der Waals surface area (Å²) in [5, 5.41) is 4.37. The zero-order chi connectivity index (χ0) is 14.2. The number of nitrogens with two attached hydrogens (primary N) is 1. The first-order valence-electron chi connectivity index (χ1n) is 6.54. The highest BCUT2D eigenvalue weighted by Crippen LogP contribution is 2.25. The number of hydrogen-bond acceptors (Lipinski definition) is 5. The summed E-state index contributed by atoms with van der Waals surface area (Å²) in [5.41, 5.74) is 11.3. The van der Waals surface area contributed by atoms with Gasteiger partial charge in [0.05, 0.1) is 21.2 Å². The average molecular weight is 292 g/mol. The molecule has 2 heterocycles. The van der Waals surface area contributed by atoms with E-state index in [4.69, 9.17) is 5.73 Å². The molecule has 4 nitrogen and oxygen atoms in total. The molecule has 0 aliphatic heterocycles. The van der Waals surface area contributed by atoms with Crippen molar-refractivity contribution in [2.75, 3.05) is 11.1 Å². The van der Waals surface area contributed by atoms with Crippen molar-refractivity contribution >= 4 is 49.6 Å². The van der Waals surface area contributed by atoms with Crippen molar-refractivity contribution < 1.29 is 0 Å². The molecule has 0 saturated carbocycles. The summed E-state index contributed by atoms with van der Waals surface area (Å²) in [5.74, 6) is 0.816. The molecule has 0 radical (unpaired) electrons. The zero-order valence-electron chi connectivity index (χ0n) is 11.1. The summed E-state index contributed by atoms with van der Waals surface area (Å²) < 4.78 is 1.16. The van der Waals surface area contributed by atoms with Gasteiger partial charge in [-0.25, -0.2) is 9.97 Å². The Hall–Kier alpha value is -2.66. The average Bonchev–Trinajstić information content (AvgIpc) is 2.95. The first-order valence-corrected chi connectivity index (χ1v) is 7.42. The fraction of sp³-hybridized carbons (Fsp3) is 0. The molecular formula is C16H12N4S. The Balaban J connectivity index is 1.71. The quantitative estimate of drug-likeness (QED) is 0.544. The molecular weight excluding hydrogens is 280 g/mol. The van der Waals surface area contributed by atoms with Crippen molar-refractivity contribution in [1.29, 1.82) is 0 Å². The van der Waals surface area contributed by atoms with Crippen LogP contribution in [0.1, 0.15) is 0 Å². The van der Waals surface area contributed by atoms with Crippen LogP contribution in [0, 0.1) is 0 Å². The number of nitrogen functional groups attached to an aromatic ring is 1. The lowest BCUT2D eigenvalue weighted by Crippen LogP contribution is -1.94. The van der Waals surface area contributed by atoms with Crippen LogP contribution in [0.25, 0.3) is 21.1 Å². The molecule has 5 heteroatoms. The number of thiazole rings is 1. The molecule has 102 valence electrons. The van der Waals surface area contributed by atoms with Crippen molar-refractivity contribution in [2.45, 2.75) is 0 Å². The lowest BCUT2D eigenvalue weighted by atomic mass is 10.2. The number of rotatable bonds is 2. The van der Waals surface area contributed by atoms with Gasteiger partial charge in [-0.1, -0.05) is 0 Å². The first-order chi connectivity index (χ1) is 10.3. The van der Waals surface area contributed by atoms with Gasteiger partial charge in [-0.05, 0) is 48.5 Å². The number of nitrogens with zero attached hydrogens (tertiary/aromatic N) is 2. The minimum Gasteiger partial charge on any atom is -0.399 e. The third kappa shape index (κ3) is 2.28. The van der Waals surface area contributed by atoms with E-state index in [1.807, 2.05) is 48.0 Å². The largest absolute Gasteiger partial charge is 0.399 e. The van der Waals surface area contributed by atoms with Crippen molar-refractivity contribution in [2.24, 2.45) is 0 Å². The minimum atomic E-state index is 0.751. The van der Waals surface area contributed by atoms with Crippen LogP contribution < -0.4 is 11.1 Å². The molecule has 4 aromatic rings. The van der Waals surface area contributed by atoms with E-state index < -0.39 is 0 Å². The second-order valence-corrected chi connectivity index (χ2v) is 5.69. The van der Waals surface area contributed by atoms with Gasteiger partial charge < -0.3 is 11.1 Å². The summed E-state index contributed by atoms with van der Waals surface area (Å²) in [6.07, 6.45) is 0. The smallest absolute Gasteiger partial charge is 0.131 e. The normalized spacial score (nSPS) is 11.0. The topological polar surface area (TPSA) is 63.8 Å². The van der Waals surface area contributed by atoms with Crippen LogP contribution in [-0.4, -0.2) is 9.97 Å². The van der Waals surface area contributed by atoms with E-state index in [-0.39, 0.29) is 0 Å². The van der Waals surface area contributed by atoms with Crippen molar-refractivity contribution in [3.63, 3.8) is 0 Å². The van der Waals surface area contributed by atoms with E-state index in [9.17, 15) is 0 Å². The van der Waals surface area contributed by atoms with Crippen LogP contribution in [0.3, 0.4) is 0 Å². The third-order valence-corrected chi connectivity index (χ3v) is 4.11. The molecule has 0 atom stereocenters. The summed E-state index contributed by atoms with van der Waals surface area (Å²) in [6.45, 7) is 0. The van der Waals surface area contributed by atoms with Gasteiger partial charge in [0.15, 0.2) is 0 Å². The van der Waals surface area contributed by atoms with E-state index in [1.165, 1.54) is 0 Å². The zero-order valence-corrected chi connectivity index (χ0v) is 11.9. The van der Waals surface area contributed by atoms with Crippen LogP contribution in [0.5, 0.6) is 0 Å². The Labute approximate surface area is 125 Å². The van der Waals surface area contributed by atoms with Crippen molar-refractivity contribution in [1.82, 2.24) is 9.97 Å². The molecule has 0 fully saturated rings. The second-order valence-electron chi connectivity index (χ2n) is 4.81. The number of pyridine rings is 1. The fourth-order valence-electron chi connectivity index (χ4n) is 2.29. The summed E-state index contributed by atoms with van der Waals surface area (Å²) >= 11 is 1.63. The highest BCUT2D eigenvalue weighted by atomic mass is 32.1. The van der Waals surface area contributed by atoms with Crippen LogP contribution in [0.15, 0.2) is 54.0 Å². The van der Waals surface area contributed by atoms with Crippen LogP contribution >= 0.6 is 11.3 Å². The van der Waals surface area contributed by atoms with Crippen LogP contribution in [0.4, 0.5) is 17.2 Å². The number of aromatic nitrogens is 2. The molecule has 3 N–H and O–H groups in total. The predicted molar refractivity (Wildman–Crippen MR) is 89.1 cm³/mol. The van der Waals surface area contributed by atoms with Gasteiger partial charge in [0.1, 0.15) is 5.82 Å². The number of nitrogens with one attached hydrogen (secondary N) is 1. The molecule has 0 aliphatic carbocycles. The number of benzene rings is 2. The molecule has 2 aromatic heterocycles. The maximum Gasteiger partial charge on any atom is 0.131 e. The van der Waals surface area contributed by atoms with Gasteiger partial charge in [-0.2, -0.15) is 0 Å². The van der Waals surface area contributed by atoms with Crippen LogP contribution in [0.2, 0.25) is 0 Å². The lowest BCUT2D eigenvalue weighted by molar-refractivity contribution is 1.37. The molecule has 4 rings (SSSR count). The molecule has 0 amide bonds. The number of hydrogen-bond donors (Lipinski definition) is 2. The van der Waals surface area contributed by atoms with Gasteiger partial charge in [0.25, 0.3) is 0 Å². The Morgan fingerprint density at radius 2 is 1.86 bits per heavy atom. The fourth-order valence-corrected chi connectivity index (χ4v) is 3.01. The minimum absolute atomic E-state index is 0.751. The maximum atomic E-state index is 5.78. The van der Waals surface area contributed by atoms with E-state index in [0.29, 0.717) is 0 Å². The third-order valence-electron chi connectivity index (χ3n) is 3.32. The predicted octanol–water partition coefficient (Wildman–Crippen LogP) is 4.17. The Bertz CT molecular complexity index is 945. The first kappa shape index (κ1) is 12.1. The molecule has 2 aromatic carbocycles. The van der Waals surface area contributed by atoms with Gasteiger partial charge in [-0.3, -0.25) is 0 Å². The number of anilines is 3. The standard InChI is InChI=1S/C16H12N4S/c17-11-2-4-13-10(7-11)1-6-16(20-13)19-12-3-5-14-15(8-12)21-9-18-14/h1-9H,17H2,(H,19,20). The Kier molecular flexibility index (Phi) is 2.72. The maximum absolute atomic E-state index is 5.78. The Morgan fingerprint density at radius 3 is 2.81 bits per heavy atom. The van der Waals surface area contributed by atoms with Gasteiger partial charge >= 0.3 is 0 Å². The van der Waals surface area contributed by atoms with Crippen LogP contribution in [-0.2, 0) is 0 Å².